The normalized spacial score (nSPS) is 17.1. The van der Waals surface area contributed by atoms with Crippen LogP contribution in [0.2, 0.25) is 0 Å². The van der Waals surface area contributed by atoms with Crippen LogP contribution < -0.4 is 10.6 Å². The van der Waals surface area contributed by atoms with E-state index in [-0.39, 0.29) is 29.9 Å². The number of amides is 2. The topological polar surface area (TPSA) is 132 Å². The second-order valence-electron chi connectivity index (χ2n) is 16.0. The largest absolute Gasteiger partial charge is 0.339 e. The standard InChI is InChI=1S/C49H49N9O2/c1-31-11-9-23-51-44(31)42-17-8-18-43(45-32(2)12-10-24-52-45)58(42)26-25-50-37-28-57(29-37)49(60)36-21-19-34(20-22-36)41-27-39-46(53-30-54-47(39)55-41)38-15-7-16-40(33(38)3)56-48(59)35-13-5-4-6-14-35/h4-7,9-16,19-24,27,30,37,42-43,50H,8,17-18,25-26,28-29H2,1-3H3,(H,56,59)(H,53,54,55)/t42-,43+. The van der Waals surface area contributed by atoms with E-state index < -0.39 is 0 Å². The molecular weight excluding hydrogens is 747 g/mol. The van der Waals surface area contributed by atoms with Gasteiger partial charge in [-0.15, -0.1) is 0 Å². The van der Waals surface area contributed by atoms with Crippen molar-refractivity contribution in [2.75, 3.05) is 31.5 Å². The summed E-state index contributed by atoms with van der Waals surface area (Å²) in [5.74, 6) is -0.133. The lowest BCUT2D eigenvalue weighted by atomic mass is 9.89. The van der Waals surface area contributed by atoms with Gasteiger partial charge in [0.1, 0.15) is 12.0 Å². The van der Waals surface area contributed by atoms with Crippen molar-refractivity contribution in [3.63, 3.8) is 0 Å². The van der Waals surface area contributed by atoms with Crippen molar-refractivity contribution in [2.45, 2.75) is 58.2 Å². The predicted molar refractivity (Wildman–Crippen MR) is 236 cm³/mol. The summed E-state index contributed by atoms with van der Waals surface area (Å²) in [7, 11) is 0. The van der Waals surface area contributed by atoms with Crippen molar-refractivity contribution in [3.05, 3.63) is 161 Å². The monoisotopic (exact) mass is 795 g/mol. The number of rotatable bonds is 11. The Morgan fingerprint density at radius 1 is 0.750 bits per heavy atom. The average molecular weight is 796 g/mol. The number of hydrogen-bond acceptors (Lipinski definition) is 8. The number of pyridine rings is 2. The molecule has 302 valence electrons. The highest BCUT2D eigenvalue weighted by Gasteiger charge is 2.36. The molecule has 2 aliphatic rings. The van der Waals surface area contributed by atoms with Crippen LogP contribution in [0.25, 0.3) is 33.5 Å². The number of hydrogen-bond donors (Lipinski definition) is 3. The van der Waals surface area contributed by atoms with Crippen molar-refractivity contribution in [1.29, 1.82) is 0 Å². The maximum Gasteiger partial charge on any atom is 0.255 e. The second-order valence-corrected chi connectivity index (χ2v) is 16.0. The van der Waals surface area contributed by atoms with Crippen LogP contribution in [0.15, 0.2) is 122 Å². The summed E-state index contributed by atoms with van der Waals surface area (Å²) < 4.78 is 0. The van der Waals surface area contributed by atoms with Gasteiger partial charge in [0, 0.05) is 78.1 Å². The molecule has 2 amide bonds. The molecule has 0 radical (unpaired) electrons. The Kier molecular flexibility index (Phi) is 11.0. The molecule has 2 fully saturated rings. The van der Waals surface area contributed by atoms with E-state index in [4.69, 9.17) is 9.97 Å². The highest BCUT2D eigenvalue weighted by Crippen LogP contribution is 2.42. The molecule has 4 aromatic heterocycles. The fourth-order valence-electron chi connectivity index (χ4n) is 8.91. The van der Waals surface area contributed by atoms with Gasteiger partial charge in [0.25, 0.3) is 11.8 Å². The maximum absolute atomic E-state index is 13.6. The first kappa shape index (κ1) is 38.9. The Balaban J connectivity index is 0.836. The zero-order valence-corrected chi connectivity index (χ0v) is 34.2. The van der Waals surface area contributed by atoms with Gasteiger partial charge >= 0.3 is 0 Å². The molecule has 0 unspecified atom stereocenters. The lowest BCUT2D eigenvalue weighted by molar-refractivity contribution is 0.0527. The van der Waals surface area contributed by atoms with Crippen molar-refractivity contribution in [1.82, 2.24) is 40.0 Å². The van der Waals surface area contributed by atoms with Crippen LogP contribution in [0.5, 0.6) is 0 Å². The zero-order valence-electron chi connectivity index (χ0n) is 34.2. The van der Waals surface area contributed by atoms with Crippen LogP contribution in [-0.2, 0) is 0 Å². The Morgan fingerprint density at radius 3 is 2.13 bits per heavy atom. The first-order chi connectivity index (χ1) is 29.3. The SMILES string of the molecule is Cc1cccnc1[C@H]1CCC[C@@H](c2ncccc2C)N1CCNC1CN(C(=O)c2ccc(-c3cc4c(-c5cccc(NC(=O)c6ccccc6)c5C)ncnc4[nH]3)cc2)C1. The number of benzene rings is 3. The van der Waals surface area contributed by atoms with Crippen LogP contribution in [0.3, 0.4) is 0 Å². The fourth-order valence-corrected chi connectivity index (χ4v) is 8.91. The maximum atomic E-state index is 13.6. The first-order valence-corrected chi connectivity index (χ1v) is 20.8. The molecule has 11 heteroatoms. The van der Waals surface area contributed by atoms with Gasteiger partial charge in [0.2, 0.25) is 0 Å². The van der Waals surface area contributed by atoms with E-state index in [1.165, 1.54) is 11.1 Å². The third kappa shape index (κ3) is 7.81. The lowest BCUT2D eigenvalue weighted by Crippen LogP contribution is -2.60. The Labute approximate surface area is 350 Å². The molecule has 0 bridgehead atoms. The van der Waals surface area contributed by atoms with Gasteiger partial charge < -0.3 is 20.5 Å². The minimum absolute atomic E-state index is 0.0338. The van der Waals surface area contributed by atoms with Gasteiger partial charge in [-0.1, -0.05) is 54.6 Å². The summed E-state index contributed by atoms with van der Waals surface area (Å²) in [4.78, 5) is 53.4. The molecule has 2 aliphatic heterocycles. The van der Waals surface area contributed by atoms with E-state index in [1.54, 1.807) is 18.5 Å². The summed E-state index contributed by atoms with van der Waals surface area (Å²) >= 11 is 0. The number of aryl methyl sites for hydroxylation is 2. The van der Waals surface area contributed by atoms with Crippen LogP contribution in [0, 0.1) is 20.8 Å². The van der Waals surface area contributed by atoms with Crippen LogP contribution in [-0.4, -0.2) is 78.8 Å². The van der Waals surface area contributed by atoms with Gasteiger partial charge in [0.15, 0.2) is 0 Å². The highest BCUT2D eigenvalue weighted by atomic mass is 16.2. The average Bonchev–Trinajstić information content (AvgIpc) is 3.71. The van der Waals surface area contributed by atoms with Gasteiger partial charge in [-0.3, -0.25) is 24.5 Å². The smallest absolute Gasteiger partial charge is 0.255 e. The number of aromatic amines is 1. The van der Waals surface area contributed by atoms with Gasteiger partial charge in [-0.25, -0.2) is 9.97 Å². The van der Waals surface area contributed by atoms with Gasteiger partial charge in [-0.2, -0.15) is 0 Å². The number of aromatic nitrogens is 5. The summed E-state index contributed by atoms with van der Waals surface area (Å²) in [6.45, 7) is 9.34. The minimum atomic E-state index is -0.167. The number of anilines is 1. The van der Waals surface area contributed by atoms with E-state index >= 15 is 0 Å². The number of piperidine rings is 1. The molecule has 2 atom stereocenters. The Morgan fingerprint density at radius 2 is 1.45 bits per heavy atom. The van der Waals surface area contributed by atoms with Crippen molar-refractivity contribution >= 4 is 28.5 Å². The molecule has 2 saturated heterocycles. The fraction of sp³-hybridized carbons (Fsp3) is 0.265. The number of fused-ring (bicyclic) bond motifs is 1. The molecule has 6 heterocycles. The Hall–Kier alpha value is -6.56. The first-order valence-electron chi connectivity index (χ1n) is 20.8. The zero-order chi connectivity index (χ0) is 41.2. The number of likely N-dealkylation sites (tertiary alicyclic amines) is 2. The van der Waals surface area contributed by atoms with Gasteiger partial charge in [-0.05, 0) is 111 Å². The molecule has 11 nitrogen and oxygen atoms in total. The van der Waals surface area contributed by atoms with Crippen molar-refractivity contribution < 1.29 is 9.59 Å². The number of H-pyrrole nitrogens is 1. The van der Waals surface area contributed by atoms with Crippen molar-refractivity contribution in [2.24, 2.45) is 0 Å². The van der Waals surface area contributed by atoms with E-state index in [2.05, 4.69) is 56.5 Å². The molecule has 9 rings (SSSR count). The summed E-state index contributed by atoms with van der Waals surface area (Å²) in [5, 5.41) is 7.67. The molecule has 0 aliphatic carbocycles. The van der Waals surface area contributed by atoms with Crippen LogP contribution in [0.1, 0.15) is 80.1 Å². The van der Waals surface area contributed by atoms with Gasteiger partial charge in [0.05, 0.1) is 29.2 Å². The number of nitrogens with zero attached hydrogens (tertiary/aromatic N) is 6. The summed E-state index contributed by atoms with van der Waals surface area (Å²) in [6, 6.07) is 33.9. The number of carbonyl (C=O) groups is 2. The minimum Gasteiger partial charge on any atom is -0.339 e. The van der Waals surface area contributed by atoms with E-state index in [0.717, 1.165) is 82.9 Å². The van der Waals surface area contributed by atoms with E-state index in [9.17, 15) is 9.59 Å². The predicted octanol–water partition coefficient (Wildman–Crippen LogP) is 8.64. The molecule has 3 aromatic carbocycles. The molecule has 60 heavy (non-hydrogen) atoms. The number of nitrogens with one attached hydrogen (secondary N) is 3. The molecule has 3 N–H and O–H groups in total. The number of carbonyl (C=O) groups excluding carboxylic acids is 2. The third-order valence-electron chi connectivity index (χ3n) is 12.2. The van der Waals surface area contributed by atoms with Crippen LogP contribution >= 0.6 is 0 Å². The lowest BCUT2D eigenvalue weighted by Gasteiger charge is -2.44. The third-order valence-corrected chi connectivity index (χ3v) is 12.2. The van der Waals surface area contributed by atoms with Crippen molar-refractivity contribution in [3.8, 4) is 22.5 Å². The molecule has 0 saturated carbocycles. The second kappa shape index (κ2) is 17.0. The van der Waals surface area contributed by atoms with Crippen LogP contribution in [0.4, 0.5) is 5.69 Å². The summed E-state index contributed by atoms with van der Waals surface area (Å²) in [6.07, 6.45) is 8.66. The quantitative estimate of drug-likeness (QED) is 0.119. The Bertz CT molecular complexity index is 2600. The highest BCUT2D eigenvalue weighted by molar-refractivity contribution is 6.05. The molecular formula is C49H49N9O2. The molecule has 7 aromatic rings. The van der Waals surface area contributed by atoms with E-state index in [1.807, 2.05) is 103 Å². The summed E-state index contributed by atoms with van der Waals surface area (Å²) in [5.41, 5.74) is 11.9. The molecule has 0 spiro atoms. The van der Waals surface area contributed by atoms with E-state index in [0.29, 0.717) is 29.9 Å².